The van der Waals surface area contributed by atoms with Gasteiger partial charge in [0.15, 0.2) is 0 Å². The van der Waals surface area contributed by atoms with Crippen LogP contribution in [0, 0.1) is 11.8 Å². The summed E-state index contributed by atoms with van der Waals surface area (Å²) in [4.78, 5) is 2.64. The van der Waals surface area contributed by atoms with Gasteiger partial charge in [-0.15, -0.1) is 0 Å². The van der Waals surface area contributed by atoms with E-state index in [1.54, 1.807) is 0 Å². The minimum absolute atomic E-state index is 0.691. The van der Waals surface area contributed by atoms with Crippen LogP contribution in [0.3, 0.4) is 0 Å². The Kier molecular flexibility index (Phi) is 3.28. The average Bonchev–Trinajstić information content (AvgIpc) is 3.21. The fourth-order valence-electron chi connectivity index (χ4n) is 3.87. The first-order valence-corrected chi connectivity index (χ1v) is 7.85. The highest BCUT2D eigenvalue weighted by molar-refractivity contribution is 5.33. The molecular formula is C17H22N4. The molecule has 2 fully saturated rings. The molecule has 0 spiro atoms. The zero-order valence-corrected chi connectivity index (χ0v) is 12.4. The number of benzene rings is 1. The summed E-state index contributed by atoms with van der Waals surface area (Å²) >= 11 is 0. The van der Waals surface area contributed by atoms with E-state index in [0.29, 0.717) is 6.04 Å². The largest absolute Gasteiger partial charge is 0.316 e. The van der Waals surface area contributed by atoms with Crippen molar-refractivity contribution >= 4 is 0 Å². The Hall–Kier alpha value is -1.65. The summed E-state index contributed by atoms with van der Waals surface area (Å²) in [7, 11) is 0. The third-order valence-electron chi connectivity index (χ3n) is 5.15. The monoisotopic (exact) mass is 282 g/mol. The Morgan fingerprint density at radius 2 is 2.10 bits per heavy atom. The smallest absolute Gasteiger partial charge is 0.0645 e. The van der Waals surface area contributed by atoms with E-state index in [2.05, 4.69) is 46.5 Å². The molecule has 2 aliphatic heterocycles. The SMILES string of the molecule is CC1C2CNCC2CN1Cc1ccc(-n2cccn2)cc1. The maximum Gasteiger partial charge on any atom is 0.0645 e. The van der Waals surface area contributed by atoms with Crippen molar-refractivity contribution in [3.8, 4) is 5.69 Å². The Morgan fingerprint density at radius 3 is 2.81 bits per heavy atom. The van der Waals surface area contributed by atoms with Crippen LogP contribution in [0.4, 0.5) is 0 Å². The summed E-state index contributed by atoms with van der Waals surface area (Å²) in [6.07, 6.45) is 3.79. The van der Waals surface area contributed by atoms with Gasteiger partial charge in [-0.2, -0.15) is 5.10 Å². The topological polar surface area (TPSA) is 33.1 Å². The Balaban J connectivity index is 1.46. The number of hydrogen-bond donors (Lipinski definition) is 1. The van der Waals surface area contributed by atoms with Crippen LogP contribution >= 0.6 is 0 Å². The van der Waals surface area contributed by atoms with Crippen molar-refractivity contribution < 1.29 is 0 Å². The van der Waals surface area contributed by atoms with Crippen molar-refractivity contribution in [3.63, 3.8) is 0 Å². The molecule has 3 atom stereocenters. The quantitative estimate of drug-likeness (QED) is 0.933. The number of fused-ring (bicyclic) bond motifs is 1. The van der Waals surface area contributed by atoms with Crippen LogP contribution in [0.25, 0.3) is 5.69 Å². The molecule has 1 N–H and O–H groups in total. The van der Waals surface area contributed by atoms with Crippen LogP contribution in [0.5, 0.6) is 0 Å². The van der Waals surface area contributed by atoms with Crippen molar-refractivity contribution in [1.82, 2.24) is 20.0 Å². The van der Waals surface area contributed by atoms with Gasteiger partial charge in [0, 0.05) is 31.5 Å². The minimum Gasteiger partial charge on any atom is -0.316 e. The molecule has 2 aromatic rings. The van der Waals surface area contributed by atoms with Gasteiger partial charge in [-0.3, -0.25) is 4.90 Å². The zero-order valence-electron chi connectivity index (χ0n) is 12.4. The molecule has 3 heterocycles. The maximum atomic E-state index is 4.27. The van der Waals surface area contributed by atoms with E-state index in [1.807, 2.05) is 23.1 Å². The second-order valence-electron chi connectivity index (χ2n) is 6.37. The fourth-order valence-corrected chi connectivity index (χ4v) is 3.87. The third kappa shape index (κ3) is 2.39. The number of nitrogens with zero attached hydrogens (tertiary/aromatic N) is 3. The molecule has 1 aromatic heterocycles. The number of likely N-dealkylation sites (tertiary alicyclic amines) is 1. The molecule has 4 rings (SSSR count). The number of rotatable bonds is 3. The Morgan fingerprint density at radius 1 is 1.24 bits per heavy atom. The first kappa shape index (κ1) is 13.0. The van der Waals surface area contributed by atoms with Gasteiger partial charge in [0.25, 0.3) is 0 Å². The van der Waals surface area contributed by atoms with Gasteiger partial charge in [-0.1, -0.05) is 12.1 Å². The molecule has 0 amide bonds. The first-order valence-electron chi connectivity index (χ1n) is 7.85. The molecule has 0 bridgehead atoms. The van der Waals surface area contributed by atoms with Crippen LogP contribution in [0.15, 0.2) is 42.7 Å². The van der Waals surface area contributed by atoms with Crippen LogP contribution in [0.2, 0.25) is 0 Å². The first-order chi connectivity index (χ1) is 10.3. The lowest BCUT2D eigenvalue weighted by Crippen LogP contribution is -2.32. The predicted molar refractivity (Wildman–Crippen MR) is 83.3 cm³/mol. The van der Waals surface area contributed by atoms with Crippen LogP contribution < -0.4 is 5.32 Å². The molecule has 3 unspecified atom stereocenters. The molecule has 4 heteroatoms. The highest BCUT2D eigenvalue weighted by atomic mass is 15.3. The normalized spacial score (nSPS) is 28.9. The molecule has 1 aromatic carbocycles. The summed E-state index contributed by atoms with van der Waals surface area (Å²) in [5, 5.41) is 7.80. The Labute approximate surface area is 125 Å². The van der Waals surface area contributed by atoms with Crippen molar-refractivity contribution in [3.05, 3.63) is 48.3 Å². The molecule has 2 aliphatic rings. The van der Waals surface area contributed by atoms with Gasteiger partial charge in [0.1, 0.15) is 0 Å². The summed E-state index contributed by atoms with van der Waals surface area (Å²) < 4.78 is 1.90. The third-order valence-corrected chi connectivity index (χ3v) is 5.15. The van der Waals surface area contributed by atoms with Gasteiger partial charge in [0.2, 0.25) is 0 Å². The van der Waals surface area contributed by atoms with Crippen molar-refractivity contribution in [1.29, 1.82) is 0 Å². The zero-order chi connectivity index (χ0) is 14.2. The van der Waals surface area contributed by atoms with E-state index in [1.165, 1.54) is 25.2 Å². The fraction of sp³-hybridized carbons (Fsp3) is 0.471. The highest BCUT2D eigenvalue weighted by Gasteiger charge is 2.41. The maximum absolute atomic E-state index is 4.27. The summed E-state index contributed by atoms with van der Waals surface area (Å²) in [5.74, 6) is 1.69. The highest BCUT2D eigenvalue weighted by Crippen LogP contribution is 2.33. The second kappa shape index (κ2) is 5.28. The summed E-state index contributed by atoms with van der Waals surface area (Å²) in [6.45, 7) is 7.08. The molecule has 4 nitrogen and oxygen atoms in total. The van der Waals surface area contributed by atoms with E-state index >= 15 is 0 Å². The number of aromatic nitrogens is 2. The Bertz CT molecular complexity index is 590. The van der Waals surface area contributed by atoms with Crippen LogP contribution in [-0.4, -0.2) is 40.4 Å². The number of nitrogens with one attached hydrogen (secondary N) is 1. The second-order valence-corrected chi connectivity index (χ2v) is 6.37. The predicted octanol–water partition coefficient (Wildman–Crippen LogP) is 1.91. The van der Waals surface area contributed by atoms with Gasteiger partial charge in [-0.25, -0.2) is 4.68 Å². The minimum atomic E-state index is 0.691. The van der Waals surface area contributed by atoms with E-state index < -0.39 is 0 Å². The molecular weight excluding hydrogens is 260 g/mol. The van der Waals surface area contributed by atoms with Crippen LogP contribution in [-0.2, 0) is 6.54 Å². The molecule has 21 heavy (non-hydrogen) atoms. The van der Waals surface area contributed by atoms with Gasteiger partial charge in [0.05, 0.1) is 5.69 Å². The number of hydrogen-bond acceptors (Lipinski definition) is 3. The lowest BCUT2D eigenvalue weighted by molar-refractivity contribution is 0.231. The van der Waals surface area contributed by atoms with E-state index in [4.69, 9.17) is 0 Å². The lowest BCUT2D eigenvalue weighted by Gasteiger charge is -2.24. The van der Waals surface area contributed by atoms with E-state index in [9.17, 15) is 0 Å². The average molecular weight is 282 g/mol. The van der Waals surface area contributed by atoms with Gasteiger partial charge < -0.3 is 5.32 Å². The van der Waals surface area contributed by atoms with E-state index in [0.717, 1.165) is 24.1 Å². The standard InChI is InChI=1S/C17H22N4/c1-13-17-10-18-9-15(17)12-20(13)11-14-3-5-16(6-4-14)21-8-2-7-19-21/h2-8,13,15,17-18H,9-12H2,1H3. The van der Waals surface area contributed by atoms with Crippen molar-refractivity contribution in [2.75, 3.05) is 19.6 Å². The summed E-state index contributed by atoms with van der Waals surface area (Å²) in [5.41, 5.74) is 2.52. The van der Waals surface area contributed by atoms with Crippen molar-refractivity contribution in [2.24, 2.45) is 11.8 Å². The van der Waals surface area contributed by atoms with E-state index in [-0.39, 0.29) is 0 Å². The van der Waals surface area contributed by atoms with Crippen LogP contribution in [0.1, 0.15) is 12.5 Å². The molecule has 110 valence electrons. The lowest BCUT2D eigenvalue weighted by atomic mass is 9.95. The molecule has 0 saturated carbocycles. The van der Waals surface area contributed by atoms with Gasteiger partial charge in [-0.05, 0) is 55.6 Å². The summed E-state index contributed by atoms with van der Waals surface area (Å²) in [6, 6.07) is 11.4. The molecule has 2 saturated heterocycles. The molecule has 0 radical (unpaired) electrons. The molecule has 0 aliphatic carbocycles. The van der Waals surface area contributed by atoms with Gasteiger partial charge >= 0.3 is 0 Å². The van der Waals surface area contributed by atoms with Crippen molar-refractivity contribution in [2.45, 2.75) is 19.5 Å².